The van der Waals surface area contributed by atoms with E-state index in [1.165, 1.54) is 13.3 Å². The van der Waals surface area contributed by atoms with Gasteiger partial charge in [-0.2, -0.15) is 0 Å². The maximum Gasteiger partial charge on any atom is 0.339 e. The van der Waals surface area contributed by atoms with E-state index in [4.69, 9.17) is 10.5 Å². The zero-order chi connectivity index (χ0) is 14.5. The summed E-state index contributed by atoms with van der Waals surface area (Å²) in [6.45, 7) is 2.25. The molecule has 0 bridgehead atoms. The van der Waals surface area contributed by atoms with Crippen molar-refractivity contribution in [3.05, 3.63) is 53.3 Å². The van der Waals surface area contributed by atoms with Crippen LogP contribution in [0.5, 0.6) is 5.75 Å². The van der Waals surface area contributed by atoms with Gasteiger partial charge in [0.1, 0.15) is 12.4 Å². The van der Waals surface area contributed by atoms with Gasteiger partial charge in [0.15, 0.2) is 0 Å². The lowest BCUT2D eigenvalue weighted by Crippen LogP contribution is -2.04. The number of hydrogen-bond acceptors (Lipinski definition) is 5. The largest absolute Gasteiger partial charge is 0.487 e. The molecule has 0 amide bonds. The number of nitrogens with two attached hydrogens (primary N) is 1. The zero-order valence-electron chi connectivity index (χ0n) is 11.4. The van der Waals surface area contributed by atoms with Gasteiger partial charge >= 0.3 is 5.97 Å². The minimum atomic E-state index is -0.404. The molecule has 0 saturated carbocycles. The van der Waals surface area contributed by atoms with Crippen LogP contribution in [0, 0.1) is 6.92 Å². The van der Waals surface area contributed by atoms with E-state index in [9.17, 15) is 4.79 Å². The van der Waals surface area contributed by atoms with Crippen LogP contribution in [0.1, 0.15) is 21.6 Å². The second-order valence-corrected chi connectivity index (χ2v) is 4.34. The first kappa shape index (κ1) is 13.9. The van der Waals surface area contributed by atoms with Crippen molar-refractivity contribution in [2.75, 3.05) is 12.8 Å². The van der Waals surface area contributed by atoms with Crippen LogP contribution in [-0.4, -0.2) is 18.1 Å². The number of methoxy groups -OCH3 is 1. The van der Waals surface area contributed by atoms with E-state index in [0.717, 1.165) is 22.7 Å². The van der Waals surface area contributed by atoms with Crippen molar-refractivity contribution in [1.82, 2.24) is 4.98 Å². The van der Waals surface area contributed by atoms with Gasteiger partial charge in [-0.3, -0.25) is 4.98 Å². The first-order chi connectivity index (χ1) is 9.60. The predicted molar refractivity (Wildman–Crippen MR) is 75.5 cm³/mol. The number of carbonyl (C=O) groups is 1. The number of aromatic nitrogens is 1. The van der Waals surface area contributed by atoms with Crippen LogP contribution in [0.15, 0.2) is 36.5 Å². The Labute approximate surface area is 117 Å². The molecular weight excluding hydrogens is 256 g/mol. The summed E-state index contributed by atoms with van der Waals surface area (Å²) in [5.74, 6) is 0.328. The first-order valence-corrected chi connectivity index (χ1v) is 6.12. The Balaban J connectivity index is 2.00. The van der Waals surface area contributed by atoms with Crippen molar-refractivity contribution < 1.29 is 14.3 Å². The van der Waals surface area contributed by atoms with Gasteiger partial charge in [-0.1, -0.05) is 0 Å². The van der Waals surface area contributed by atoms with E-state index in [-0.39, 0.29) is 0 Å². The summed E-state index contributed by atoms with van der Waals surface area (Å²) in [4.78, 5) is 15.4. The lowest BCUT2D eigenvalue weighted by atomic mass is 10.2. The first-order valence-electron chi connectivity index (χ1n) is 6.12. The number of esters is 1. The summed E-state index contributed by atoms with van der Waals surface area (Å²) >= 11 is 0. The molecule has 0 aliphatic rings. The molecule has 1 heterocycles. The van der Waals surface area contributed by atoms with E-state index in [0.29, 0.717) is 12.2 Å². The Kier molecular flexibility index (Phi) is 4.20. The highest BCUT2D eigenvalue weighted by Crippen LogP contribution is 2.19. The summed E-state index contributed by atoms with van der Waals surface area (Å²) in [7, 11) is 1.34. The third kappa shape index (κ3) is 3.26. The normalized spacial score (nSPS) is 10.1. The summed E-state index contributed by atoms with van der Waals surface area (Å²) < 4.78 is 10.2. The number of nitrogens with zero attached hydrogens (tertiary/aromatic N) is 1. The maximum absolute atomic E-state index is 11.3. The fourth-order valence-corrected chi connectivity index (χ4v) is 1.64. The number of hydrogen-bond donors (Lipinski definition) is 1. The third-order valence-corrected chi connectivity index (χ3v) is 2.87. The van der Waals surface area contributed by atoms with E-state index >= 15 is 0 Å². The molecule has 0 radical (unpaired) electrons. The Morgan fingerprint density at radius 3 is 2.70 bits per heavy atom. The topological polar surface area (TPSA) is 74.4 Å². The van der Waals surface area contributed by atoms with Crippen LogP contribution in [0.4, 0.5) is 5.69 Å². The van der Waals surface area contributed by atoms with Gasteiger partial charge in [-0.25, -0.2) is 4.79 Å². The summed E-state index contributed by atoms with van der Waals surface area (Å²) in [5, 5.41) is 0. The van der Waals surface area contributed by atoms with E-state index < -0.39 is 5.97 Å². The van der Waals surface area contributed by atoms with Crippen LogP contribution in [0.25, 0.3) is 0 Å². The second-order valence-electron chi connectivity index (χ2n) is 4.34. The van der Waals surface area contributed by atoms with Crippen molar-refractivity contribution in [3.63, 3.8) is 0 Å². The number of benzene rings is 1. The number of carbonyl (C=O) groups excluding carboxylic acids is 1. The predicted octanol–water partition coefficient (Wildman–Crippen LogP) is 2.34. The molecule has 2 aromatic rings. The van der Waals surface area contributed by atoms with Gasteiger partial charge in [0, 0.05) is 11.9 Å². The third-order valence-electron chi connectivity index (χ3n) is 2.87. The molecule has 104 valence electrons. The van der Waals surface area contributed by atoms with Gasteiger partial charge in [0.2, 0.25) is 0 Å². The molecule has 0 spiro atoms. The molecule has 5 nitrogen and oxygen atoms in total. The van der Waals surface area contributed by atoms with Crippen molar-refractivity contribution in [3.8, 4) is 5.75 Å². The van der Waals surface area contributed by atoms with Crippen molar-refractivity contribution in [2.24, 2.45) is 0 Å². The van der Waals surface area contributed by atoms with Crippen LogP contribution < -0.4 is 10.5 Å². The molecule has 1 aromatic carbocycles. The molecule has 2 rings (SSSR count). The molecule has 0 aliphatic carbocycles. The number of nitrogen functional groups attached to an aromatic ring is 1. The highest BCUT2D eigenvalue weighted by molar-refractivity contribution is 5.88. The fourth-order valence-electron chi connectivity index (χ4n) is 1.64. The molecule has 20 heavy (non-hydrogen) atoms. The molecule has 0 fully saturated rings. The fraction of sp³-hybridized carbons (Fsp3) is 0.200. The lowest BCUT2D eigenvalue weighted by molar-refractivity contribution is 0.0600. The average molecular weight is 272 g/mol. The zero-order valence-corrected chi connectivity index (χ0v) is 11.4. The summed E-state index contributed by atoms with van der Waals surface area (Å²) in [6.07, 6.45) is 1.47. The molecule has 5 heteroatoms. The van der Waals surface area contributed by atoms with Gasteiger partial charge < -0.3 is 15.2 Å². The van der Waals surface area contributed by atoms with Gasteiger partial charge in [0.25, 0.3) is 0 Å². The molecule has 0 unspecified atom stereocenters. The van der Waals surface area contributed by atoms with Crippen LogP contribution in [-0.2, 0) is 11.3 Å². The maximum atomic E-state index is 11.3. The van der Waals surface area contributed by atoms with Crippen LogP contribution in [0.3, 0.4) is 0 Å². The number of pyridine rings is 1. The Morgan fingerprint density at radius 1 is 1.30 bits per heavy atom. The minimum Gasteiger partial charge on any atom is -0.487 e. The van der Waals surface area contributed by atoms with E-state index in [1.807, 2.05) is 19.1 Å². The van der Waals surface area contributed by atoms with Crippen molar-refractivity contribution in [1.29, 1.82) is 0 Å². The molecule has 0 aliphatic heterocycles. The summed E-state index contributed by atoms with van der Waals surface area (Å²) in [6, 6.07) is 8.88. The molecule has 1 aromatic heterocycles. The van der Waals surface area contributed by atoms with Gasteiger partial charge in [0.05, 0.1) is 18.4 Å². The SMILES string of the molecule is COC(=O)c1ccc(COc2ccc(N)c(C)c2)nc1. The number of aryl methyl sites for hydroxylation is 1. The smallest absolute Gasteiger partial charge is 0.339 e. The molecule has 0 atom stereocenters. The number of anilines is 1. The van der Waals surface area contributed by atoms with E-state index in [1.54, 1.807) is 18.2 Å². The van der Waals surface area contributed by atoms with Gasteiger partial charge in [-0.15, -0.1) is 0 Å². The molecule has 0 saturated heterocycles. The number of rotatable bonds is 4. The van der Waals surface area contributed by atoms with Gasteiger partial charge in [-0.05, 0) is 42.8 Å². The van der Waals surface area contributed by atoms with Crippen molar-refractivity contribution in [2.45, 2.75) is 13.5 Å². The Hall–Kier alpha value is -2.56. The highest BCUT2D eigenvalue weighted by atomic mass is 16.5. The Morgan fingerprint density at radius 2 is 2.10 bits per heavy atom. The van der Waals surface area contributed by atoms with Crippen LogP contribution >= 0.6 is 0 Å². The monoisotopic (exact) mass is 272 g/mol. The minimum absolute atomic E-state index is 0.324. The lowest BCUT2D eigenvalue weighted by Gasteiger charge is -2.08. The number of ether oxygens (including phenoxy) is 2. The standard InChI is InChI=1S/C15H16N2O3/c1-10-7-13(5-6-14(10)16)20-9-12-4-3-11(8-17-12)15(18)19-2/h3-8H,9,16H2,1-2H3. The Bertz CT molecular complexity index is 609. The van der Waals surface area contributed by atoms with Crippen molar-refractivity contribution >= 4 is 11.7 Å². The molecule has 2 N–H and O–H groups in total. The quantitative estimate of drug-likeness (QED) is 0.683. The summed E-state index contributed by atoms with van der Waals surface area (Å²) in [5.41, 5.74) is 8.59. The van der Waals surface area contributed by atoms with Crippen LogP contribution in [0.2, 0.25) is 0 Å². The second kappa shape index (κ2) is 6.06. The molecular formula is C15H16N2O3. The average Bonchev–Trinajstić information content (AvgIpc) is 2.48. The highest BCUT2D eigenvalue weighted by Gasteiger charge is 2.06. The van der Waals surface area contributed by atoms with E-state index in [2.05, 4.69) is 9.72 Å².